The third-order valence-corrected chi connectivity index (χ3v) is 3.96. The summed E-state index contributed by atoms with van der Waals surface area (Å²) in [4.78, 5) is 0. The highest BCUT2D eigenvalue weighted by atomic mass is 16.8. The Morgan fingerprint density at radius 3 is 2.07 bits per heavy atom. The molecule has 0 aliphatic carbocycles. The van der Waals surface area contributed by atoms with Gasteiger partial charge >= 0.3 is 0 Å². The summed E-state index contributed by atoms with van der Waals surface area (Å²) in [6.07, 6.45) is 1.96. The van der Waals surface area contributed by atoms with Gasteiger partial charge in [-0.25, -0.2) is 0 Å². The minimum Gasteiger partial charge on any atom is -0.343 e. The van der Waals surface area contributed by atoms with Gasteiger partial charge in [0.25, 0.3) is 0 Å². The molecule has 0 bridgehead atoms. The molecule has 0 unspecified atom stereocenters. The fourth-order valence-corrected chi connectivity index (χ4v) is 2.89. The topological polar surface area (TPSA) is 27.7 Å². The summed E-state index contributed by atoms with van der Waals surface area (Å²) in [7, 11) is 0. The molecular weight excluding hydrogens is 192 g/mol. The van der Waals surface area contributed by atoms with Crippen molar-refractivity contribution in [2.75, 3.05) is 0 Å². The zero-order chi connectivity index (χ0) is 11.3. The van der Waals surface area contributed by atoms with Crippen LogP contribution in [0.5, 0.6) is 0 Å². The standard InChI is InChI=1S/C12H22O3/c1-6-12(7-2)8(3)9-10(15-12)14-11(4,5)13-9/h8-10H,6-7H2,1-5H3/t8-,9-,10+/m1/s1. The van der Waals surface area contributed by atoms with Gasteiger partial charge in [-0.2, -0.15) is 0 Å². The fourth-order valence-electron chi connectivity index (χ4n) is 2.89. The monoisotopic (exact) mass is 214 g/mol. The zero-order valence-corrected chi connectivity index (χ0v) is 10.4. The Morgan fingerprint density at radius 2 is 1.60 bits per heavy atom. The van der Waals surface area contributed by atoms with Crippen LogP contribution in [0, 0.1) is 5.92 Å². The van der Waals surface area contributed by atoms with Gasteiger partial charge in [0.05, 0.1) is 5.60 Å². The lowest BCUT2D eigenvalue weighted by Gasteiger charge is -2.33. The molecule has 2 aliphatic rings. The quantitative estimate of drug-likeness (QED) is 0.707. The van der Waals surface area contributed by atoms with Gasteiger partial charge in [0.1, 0.15) is 6.10 Å². The van der Waals surface area contributed by atoms with Crippen LogP contribution >= 0.6 is 0 Å². The highest BCUT2D eigenvalue weighted by Crippen LogP contribution is 2.48. The number of fused-ring (bicyclic) bond motifs is 1. The molecule has 0 radical (unpaired) electrons. The molecule has 2 aliphatic heterocycles. The van der Waals surface area contributed by atoms with E-state index in [4.69, 9.17) is 14.2 Å². The largest absolute Gasteiger partial charge is 0.343 e. The Kier molecular flexibility index (Phi) is 2.61. The molecule has 0 aromatic carbocycles. The van der Waals surface area contributed by atoms with E-state index in [1.165, 1.54) is 0 Å². The van der Waals surface area contributed by atoms with Gasteiger partial charge in [0.2, 0.25) is 0 Å². The average molecular weight is 214 g/mol. The molecule has 0 aromatic rings. The Labute approximate surface area is 92.1 Å². The van der Waals surface area contributed by atoms with Crippen LogP contribution in [0.15, 0.2) is 0 Å². The van der Waals surface area contributed by atoms with E-state index in [1.807, 2.05) is 13.8 Å². The molecule has 88 valence electrons. The zero-order valence-electron chi connectivity index (χ0n) is 10.4. The highest BCUT2D eigenvalue weighted by Gasteiger charge is 2.58. The van der Waals surface area contributed by atoms with Crippen molar-refractivity contribution in [3.63, 3.8) is 0 Å². The summed E-state index contributed by atoms with van der Waals surface area (Å²) in [6.45, 7) is 10.4. The Bertz CT molecular complexity index is 245. The summed E-state index contributed by atoms with van der Waals surface area (Å²) in [6, 6.07) is 0. The van der Waals surface area contributed by atoms with E-state index in [-0.39, 0.29) is 18.0 Å². The molecule has 2 fully saturated rings. The van der Waals surface area contributed by atoms with Crippen LogP contribution in [0.3, 0.4) is 0 Å². The van der Waals surface area contributed by atoms with Crippen LogP contribution < -0.4 is 0 Å². The molecule has 2 heterocycles. The first kappa shape index (κ1) is 11.4. The molecule has 3 atom stereocenters. The van der Waals surface area contributed by atoms with Crippen molar-refractivity contribution in [1.29, 1.82) is 0 Å². The Balaban J connectivity index is 2.17. The average Bonchev–Trinajstić information content (AvgIpc) is 2.59. The fraction of sp³-hybridized carbons (Fsp3) is 1.00. The van der Waals surface area contributed by atoms with Crippen molar-refractivity contribution >= 4 is 0 Å². The van der Waals surface area contributed by atoms with Gasteiger partial charge < -0.3 is 14.2 Å². The van der Waals surface area contributed by atoms with Crippen LogP contribution in [-0.2, 0) is 14.2 Å². The molecule has 2 rings (SSSR count). The Hall–Kier alpha value is -0.120. The summed E-state index contributed by atoms with van der Waals surface area (Å²) >= 11 is 0. The molecule has 0 saturated carbocycles. The van der Waals surface area contributed by atoms with E-state index in [1.54, 1.807) is 0 Å². The number of rotatable bonds is 2. The predicted molar refractivity (Wildman–Crippen MR) is 57.4 cm³/mol. The van der Waals surface area contributed by atoms with Crippen molar-refractivity contribution in [3.05, 3.63) is 0 Å². The van der Waals surface area contributed by atoms with E-state index in [2.05, 4.69) is 20.8 Å². The SMILES string of the molecule is CCC1(CC)O[C@@H]2OC(C)(C)O[C@@H]2[C@H]1C. The van der Waals surface area contributed by atoms with Crippen LogP contribution in [0.4, 0.5) is 0 Å². The van der Waals surface area contributed by atoms with Gasteiger partial charge in [0.15, 0.2) is 12.1 Å². The van der Waals surface area contributed by atoms with Crippen molar-refractivity contribution < 1.29 is 14.2 Å². The molecule has 0 amide bonds. The molecule has 0 N–H and O–H groups in total. The third-order valence-electron chi connectivity index (χ3n) is 3.96. The Morgan fingerprint density at radius 1 is 1.00 bits per heavy atom. The first-order valence-electron chi connectivity index (χ1n) is 5.97. The minimum absolute atomic E-state index is 0.0498. The number of hydrogen-bond acceptors (Lipinski definition) is 3. The van der Waals surface area contributed by atoms with Gasteiger partial charge in [0, 0.05) is 5.92 Å². The van der Waals surface area contributed by atoms with E-state index in [9.17, 15) is 0 Å². The van der Waals surface area contributed by atoms with Crippen molar-refractivity contribution in [1.82, 2.24) is 0 Å². The normalized spacial score (nSPS) is 41.8. The maximum Gasteiger partial charge on any atom is 0.188 e. The minimum atomic E-state index is -0.489. The van der Waals surface area contributed by atoms with Gasteiger partial charge in [-0.05, 0) is 26.7 Å². The molecule has 3 heteroatoms. The molecule has 3 nitrogen and oxygen atoms in total. The summed E-state index contributed by atoms with van der Waals surface area (Å²) < 4.78 is 17.7. The lowest BCUT2D eigenvalue weighted by molar-refractivity contribution is -0.233. The first-order chi connectivity index (χ1) is 6.94. The van der Waals surface area contributed by atoms with Crippen molar-refractivity contribution in [2.24, 2.45) is 5.92 Å². The van der Waals surface area contributed by atoms with Crippen molar-refractivity contribution in [2.45, 2.75) is 71.2 Å². The summed E-state index contributed by atoms with van der Waals surface area (Å²) in [5, 5.41) is 0. The second-order valence-electron chi connectivity index (χ2n) is 5.15. The van der Waals surface area contributed by atoms with Gasteiger partial charge in [-0.15, -0.1) is 0 Å². The summed E-state index contributed by atoms with van der Waals surface area (Å²) in [5.41, 5.74) is -0.0498. The first-order valence-corrected chi connectivity index (χ1v) is 5.97. The second-order valence-corrected chi connectivity index (χ2v) is 5.15. The van der Waals surface area contributed by atoms with E-state index in [0.717, 1.165) is 12.8 Å². The predicted octanol–water partition coefficient (Wildman–Crippen LogP) is 2.69. The molecule has 2 saturated heterocycles. The lowest BCUT2D eigenvalue weighted by atomic mass is 9.83. The highest BCUT2D eigenvalue weighted by molar-refractivity contribution is 4.99. The van der Waals surface area contributed by atoms with E-state index < -0.39 is 5.79 Å². The van der Waals surface area contributed by atoms with Crippen molar-refractivity contribution in [3.8, 4) is 0 Å². The third kappa shape index (κ3) is 1.61. The maximum absolute atomic E-state index is 6.07. The molecular formula is C12H22O3. The van der Waals surface area contributed by atoms with Crippen LogP contribution in [0.1, 0.15) is 47.5 Å². The molecule has 0 aromatic heterocycles. The molecule has 15 heavy (non-hydrogen) atoms. The summed E-state index contributed by atoms with van der Waals surface area (Å²) in [5.74, 6) is -0.0867. The van der Waals surface area contributed by atoms with E-state index in [0.29, 0.717) is 5.92 Å². The lowest BCUT2D eigenvalue weighted by Crippen LogP contribution is -2.38. The second kappa shape index (κ2) is 3.44. The van der Waals surface area contributed by atoms with Crippen LogP contribution in [0.2, 0.25) is 0 Å². The molecule has 0 spiro atoms. The maximum atomic E-state index is 6.07. The van der Waals surface area contributed by atoms with Gasteiger partial charge in [-0.3, -0.25) is 0 Å². The van der Waals surface area contributed by atoms with E-state index >= 15 is 0 Å². The van der Waals surface area contributed by atoms with Gasteiger partial charge in [-0.1, -0.05) is 20.8 Å². The smallest absolute Gasteiger partial charge is 0.188 e. The number of hydrogen-bond donors (Lipinski definition) is 0. The number of ether oxygens (including phenoxy) is 3. The van der Waals surface area contributed by atoms with Crippen LogP contribution in [0.25, 0.3) is 0 Å². The van der Waals surface area contributed by atoms with Crippen LogP contribution in [-0.4, -0.2) is 23.8 Å².